The molecule has 0 radical (unpaired) electrons. The van der Waals surface area contributed by atoms with E-state index >= 15 is 0 Å². The highest BCUT2D eigenvalue weighted by molar-refractivity contribution is 7.17. The first-order valence-corrected chi connectivity index (χ1v) is 15.9. The summed E-state index contributed by atoms with van der Waals surface area (Å²) >= 11 is 1.82. The second-order valence-electron chi connectivity index (χ2n) is 11.8. The molecule has 1 fully saturated rings. The average Bonchev–Trinajstić information content (AvgIpc) is 3.43. The Hall–Kier alpha value is -2.61. The molecule has 5 rings (SSSR count). The third-order valence-electron chi connectivity index (χ3n) is 8.32. The maximum absolute atomic E-state index is 13.0. The molecule has 40 heavy (non-hydrogen) atoms. The minimum atomic E-state index is -0.191. The van der Waals surface area contributed by atoms with Gasteiger partial charge in [0, 0.05) is 66.5 Å². The van der Waals surface area contributed by atoms with Crippen LogP contribution < -0.4 is 14.5 Å². The van der Waals surface area contributed by atoms with E-state index in [0.717, 1.165) is 76.3 Å². The molecule has 2 aromatic carbocycles. The second-order valence-corrected chi connectivity index (χ2v) is 12.7. The lowest BCUT2D eigenvalue weighted by molar-refractivity contribution is -0.121. The van der Waals surface area contributed by atoms with Crippen LogP contribution in [0.5, 0.6) is 5.75 Å². The summed E-state index contributed by atoms with van der Waals surface area (Å²) in [5, 5.41) is 3.58. The third-order valence-corrected chi connectivity index (χ3v) is 9.20. The van der Waals surface area contributed by atoms with Crippen molar-refractivity contribution in [2.75, 3.05) is 62.5 Å². The minimum Gasteiger partial charge on any atom is -0.494 e. The predicted molar refractivity (Wildman–Crippen MR) is 167 cm³/mol. The van der Waals surface area contributed by atoms with Gasteiger partial charge in [0.05, 0.1) is 12.3 Å². The quantitative estimate of drug-likeness (QED) is 0.208. The van der Waals surface area contributed by atoms with Gasteiger partial charge in [-0.3, -0.25) is 14.6 Å². The summed E-state index contributed by atoms with van der Waals surface area (Å²) in [7, 11) is 0. The number of ether oxygens (including phenoxy) is 2. The number of piperazine rings is 1. The molecule has 6 nitrogen and oxygen atoms in total. The summed E-state index contributed by atoms with van der Waals surface area (Å²) in [6.45, 7) is 13.6. The first-order chi connectivity index (χ1) is 19.5. The number of thiophene rings is 1. The zero-order valence-corrected chi connectivity index (χ0v) is 25.3. The zero-order chi connectivity index (χ0) is 28.0. The summed E-state index contributed by atoms with van der Waals surface area (Å²) in [6, 6.07) is 15.1. The number of nitrogens with zero attached hydrogens (tertiary/aromatic N) is 3. The number of amides is 1. The number of carbonyl (C=O) groups excluding carboxylic acids is 1. The van der Waals surface area contributed by atoms with Crippen LogP contribution in [0.2, 0.25) is 0 Å². The molecule has 0 aliphatic carbocycles. The Labute approximate surface area is 243 Å². The summed E-state index contributed by atoms with van der Waals surface area (Å²) in [5.74, 6) is 0.952. The molecule has 3 aromatic rings. The molecule has 1 amide bonds. The smallest absolute Gasteiger partial charge is 0.229 e. The van der Waals surface area contributed by atoms with Crippen LogP contribution in [0.4, 0.5) is 11.4 Å². The van der Waals surface area contributed by atoms with Gasteiger partial charge in [-0.1, -0.05) is 45.7 Å². The normalized spacial score (nSPS) is 17.4. The van der Waals surface area contributed by atoms with Crippen LogP contribution in [0.1, 0.15) is 64.9 Å². The van der Waals surface area contributed by atoms with E-state index in [1.165, 1.54) is 21.3 Å². The molecule has 0 spiro atoms. The molecule has 0 N–H and O–H groups in total. The first kappa shape index (κ1) is 28.9. The van der Waals surface area contributed by atoms with Gasteiger partial charge in [-0.05, 0) is 61.0 Å². The van der Waals surface area contributed by atoms with E-state index in [4.69, 9.17) is 9.47 Å². The Morgan fingerprint density at radius 3 is 2.58 bits per heavy atom. The largest absolute Gasteiger partial charge is 0.494 e. The second kappa shape index (κ2) is 13.4. The molecule has 7 heteroatoms. The van der Waals surface area contributed by atoms with Crippen molar-refractivity contribution in [1.29, 1.82) is 0 Å². The van der Waals surface area contributed by atoms with Crippen molar-refractivity contribution < 1.29 is 14.3 Å². The van der Waals surface area contributed by atoms with Crippen LogP contribution in [-0.2, 0) is 14.9 Å². The Morgan fingerprint density at radius 1 is 0.925 bits per heavy atom. The molecule has 0 unspecified atom stereocenters. The molecule has 0 saturated carbocycles. The average molecular weight is 564 g/mol. The van der Waals surface area contributed by atoms with Crippen molar-refractivity contribution in [2.45, 2.75) is 64.7 Å². The molecule has 216 valence electrons. The molecular weight excluding hydrogens is 518 g/mol. The monoisotopic (exact) mass is 563 g/mol. The Morgan fingerprint density at radius 2 is 1.75 bits per heavy atom. The van der Waals surface area contributed by atoms with E-state index in [1.807, 2.05) is 17.4 Å². The van der Waals surface area contributed by atoms with Crippen molar-refractivity contribution >= 4 is 38.7 Å². The van der Waals surface area contributed by atoms with Gasteiger partial charge in [0.2, 0.25) is 5.91 Å². The standard InChI is InChI=1S/C33H45N3O3S/c1-4-5-7-20-38-25-36-30-23-26(12-13-28(30)33(2,3)24-32(36)37)39-21-8-6-15-34-16-18-35(19-17-34)29-10-9-11-31-27(29)14-22-40-31/h9-14,22-23H,4-8,15-21,24-25H2,1-3H3. The fourth-order valence-corrected chi connectivity index (χ4v) is 6.75. The summed E-state index contributed by atoms with van der Waals surface area (Å²) < 4.78 is 13.4. The van der Waals surface area contributed by atoms with E-state index in [2.05, 4.69) is 72.3 Å². The highest BCUT2D eigenvalue weighted by atomic mass is 32.1. The number of rotatable bonds is 13. The van der Waals surface area contributed by atoms with Crippen LogP contribution in [0.3, 0.4) is 0 Å². The number of unbranched alkanes of at least 4 members (excludes halogenated alkanes) is 3. The number of benzene rings is 2. The molecular formula is C33H45N3O3S. The van der Waals surface area contributed by atoms with Gasteiger partial charge >= 0.3 is 0 Å². The first-order valence-electron chi connectivity index (χ1n) is 15.1. The van der Waals surface area contributed by atoms with Crippen molar-refractivity contribution in [1.82, 2.24) is 4.90 Å². The highest BCUT2D eigenvalue weighted by Crippen LogP contribution is 2.42. The maximum Gasteiger partial charge on any atom is 0.229 e. The SMILES string of the molecule is CCCCCOCN1C(=O)CC(C)(C)c2ccc(OCCCCN3CCN(c4cccc5sccc45)CC3)cc21. The fraction of sp³-hybridized carbons (Fsp3) is 0.545. The van der Waals surface area contributed by atoms with Gasteiger partial charge in [-0.15, -0.1) is 11.3 Å². The number of carbonyl (C=O) groups is 1. The minimum absolute atomic E-state index is 0.122. The van der Waals surface area contributed by atoms with E-state index < -0.39 is 0 Å². The van der Waals surface area contributed by atoms with Crippen LogP contribution in [0.25, 0.3) is 10.1 Å². The molecule has 2 aliphatic rings. The molecule has 1 aromatic heterocycles. The summed E-state index contributed by atoms with van der Waals surface area (Å²) in [5.41, 5.74) is 3.31. The van der Waals surface area contributed by atoms with E-state index in [-0.39, 0.29) is 11.3 Å². The maximum atomic E-state index is 13.0. The van der Waals surface area contributed by atoms with Crippen LogP contribution in [0, 0.1) is 0 Å². The van der Waals surface area contributed by atoms with Gasteiger partial charge in [0.15, 0.2) is 0 Å². The van der Waals surface area contributed by atoms with E-state index in [0.29, 0.717) is 26.4 Å². The van der Waals surface area contributed by atoms with Crippen molar-refractivity contribution in [3.05, 3.63) is 53.4 Å². The van der Waals surface area contributed by atoms with Gasteiger partial charge in [0.1, 0.15) is 12.5 Å². The van der Waals surface area contributed by atoms with Crippen LogP contribution in [-0.4, -0.2) is 63.5 Å². The molecule has 2 aliphatic heterocycles. The van der Waals surface area contributed by atoms with Crippen molar-refractivity contribution in [2.24, 2.45) is 0 Å². The number of hydrogen-bond donors (Lipinski definition) is 0. The van der Waals surface area contributed by atoms with E-state index in [9.17, 15) is 4.79 Å². The van der Waals surface area contributed by atoms with Gasteiger partial charge in [-0.25, -0.2) is 0 Å². The molecule has 3 heterocycles. The summed E-state index contributed by atoms with van der Waals surface area (Å²) in [4.78, 5) is 19.9. The zero-order valence-electron chi connectivity index (χ0n) is 24.5. The Balaban J connectivity index is 1.07. The number of hydrogen-bond acceptors (Lipinski definition) is 6. The highest BCUT2D eigenvalue weighted by Gasteiger charge is 2.37. The van der Waals surface area contributed by atoms with E-state index in [1.54, 1.807) is 4.90 Å². The topological polar surface area (TPSA) is 45.2 Å². The van der Waals surface area contributed by atoms with Crippen LogP contribution in [0.15, 0.2) is 47.8 Å². The number of fused-ring (bicyclic) bond motifs is 2. The Kier molecular flexibility index (Phi) is 9.66. The third kappa shape index (κ3) is 6.81. The molecule has 0 atom stereocenters. The Bertz CT molecular complexity index is 1260. The molecule has 1 saturated heterocycles. The van der Waals surface area contributed by atoms with Crippen molar-refractivity contribution in [3.8, 4) is 5.75 Å². The predicted octanol–water partition coefficient (Wildman–Crippen LogP) is 7.06. The van der Waals surface area contributed by atoms with Gasteiger partial charge < -0.3 is 14.4 Å². The van der Waals surface area contributed by atoms with Gasteiger partial charge in [0.25, 0.3) is 0 Å². The lowest BCUT2D eigenvalue weighted by Gasteiger charge is -2.38. The summed E-state index contributed by atoms with van der Waals surface area (Å²) in [6.07, 6.45) is 5.97. The van der Waals surface area contributed by atoms with Gasteiger partial charge in [-0.2, -0.15) is 0 Å². The lowest BCUT2D eigenvalue weighted by atomic mass is 9.77. The van der Waals surface area contributed by atoms with Crippen LogP contribution >= 0.6 is 11.3 Å². The lowest BCUT2D eigenvalue weighted by Crippen LogP contribution is -2.46. The fourth-order valence-electron chi connectivity index (χ4n) is 5.95. The number of anilines is 2. The molecule has 0 bridgehead atoms. The van der Waals surface area contributed by atoms with Crippen molar-refractivity contribution in [3.63, 3.8) is 0 Å².